The molecule has 3 heterocycles. The summed E-state index contributed by atoms with van der Waals surface area (Å²) in [7, 11) is 3.87. The van der Waals surface area contributed by atoms with Crippen LogP contribution in [0, 0.1) is 0 Å². The number of halogens is 2. The number of piperidine rings is 1. The maximum Gasteiger partial charge on any atom is 0.329 e. The number of rotatable bonds is 11. The Morgan fingerprint density at radius 2 is 1.50 bits per heavy atom. The van der Waals surface area contributed by atoms with Crippen LogP contribution in [0.2, 0.25) is 10.0 Å². The van der Waals surface area contributed by atoms with Gasteiger partial charge in [-0.05, 0) is 70.2 Å². The van der Waals surface area contributed by atoms with Crippen LogP contribution in [0.4, 0.5) is 16.2 Å². The molecule has 0 aliphatic carbocycles. The number of anilines is 2. The van der Waals surface area contributed by atoms with E-state index in [1.54, 1.807) is 15.9 Å². The van der Waals surface area contributed by atoms with Crippen molar-refractivity contribution in [3.63, 3.8) is 0 Å². The summed E-state index contributed by atoms with van der Waals surface area (Å²) < 4.78 is 1.43. The number of aromatic nitrogens is 3. The number of amides is 2. The van der Waals surface area contributed by atoms with Crippen molar-refractivity contribution in [2.75, 3.05) is 63.2 Å². The molecule has 0 radical (unpaired) electrons. The Hall–Kier alpha value is -3.76. The average molecular weight is 663 g/mol. The van der Waals surface area contributed by atoms with Gasteiger partial charge >= 0.3 is 6.03 Å². The van der Waals surface area contributed by atoms with Crippen LogP contribution < -0.4 is 15.4 Å². The van der Waals surface area contributed by atoms with Crippen molar-refractivity contribution in [2.45, 2.75) is 32.7 Å². The van der Waals surface area contributed by atoms with Gasteiger partial charge in [0.1, 0.15) is 5.69 Å². The summed E-state index contributed by atoms with van der Waals surface area (Å²) in [5.74, 6) is 0. The molecule has 5 rings (SSSR count). The topological polar surface area (TPSA) is 77.8 Å². The van der Waals surface area contributed by atoms with Crippen molar-refractivity contribution in [1.29, 1.82) is 0 Å². The first-order valence-corrected chi connectivity index (χ1v) is 16.6. The van der Waals surface area contributed by atoms with Crippen LogP contribution in [-0.2, 0) is 6.54 Å². The molecule has 1 saturated heterocycles. The fraction of sp³-hybridized carbons (Fsp3) is 0.371. The number of aryl methyl sites for hydroxylation is 1. The summed E-state index contributed by atoms with van der Waals surface area (Å²) in [6, 6.07) is 19.5. The molecule has 9 nitrogen and oxygen atoms in total. The predicted molar refractivity (Wildman–Crippen MR) is 188 cm³/mol. The number of nitrogens with zero attached hydrogens (tertiary/aromatic N) is 7. The van der Waals surface area contributed by atoms with Crippen molar-refractivity contribution >= 4 is 40.6 Å². The number of benzene rings is 2. The molecular formula is C35H41Cl2N7O2. The highest BCUT2D eigenvalue weighted by molar-refractivity contribution is 6.39. The summed E-state index contributed by atoms with van der Waals surface area (Å²) in [4.78, 5) is 40.4. The fourth-order valence-corrected chi connectivity index (χ4v) is 6.29. The van der Waals surface area contributed by atoms with E-state index in [9.17, 15) is 9.59 Å². The van der Waals surface area contributed by atoms with Gasteiger partial charge < -0.3 is 9.80 Å². The highest BCUT2D eigenvalue weighted by Gasteiger charge is 2.30. The van der Waals surface area contributed by atoms with E-state index in [0.29, 0.717) is 44.1 Å². The maximum absolute atomic E-state index is 14.8. The zero-order chi connectivity index (χ0) is 32.6. The van der Waals surface area contributed by atoms with Gasteiger partial charge in [-0.25, -0.2) is 9.48 Å². The van der Waals surface area contributed by atoms with Gasteiger partial charge in [-0.2, -0.15) is 5.10 Å². The van der Waals surface area contributed by atoms with Crippen molar-refractivity contribution < 1.29 is 4.79 Å². The third kappa shape index (κ3) is 7.96. The van der Waals surface area contributed by atoms with E-state index >= 15 is 0 Å². The highest BCUT2D eigenvalue weighted by atomic mass is 35.5. The molecule has 46 heavy (non-hydrogen) atoms. The van der Waals surface area contributed by atoms with Crippen molar-refractivity contribution in [3.8, 4) is 22.4 Å². The summed E-state index contributed by atoms with van der Waals surface area (Å²) in [5, 5.41) is 5.24. The summed E-state index contributed by atoms with van der Waals surface area (Å²) in [5.41, 5.74) is 3.85. The van der Waals surface area contributed by atoms with Crippen LogP contribution in [0.25, 0.3) is 22.4 Å². The van der Waals surface area contributed by atoms with E-state index < -0.39 is 0 Å². The molecule has 0 bridgehead atoms. The molecule has 4 aromatic rings. The zero-order valence-corrected chi connectivity index (χ0v) is 28.2. The van der Waals surface area contributed by atoms with Crippen LogP contribution in [0.1, 0.15) is 26.2 Å². The number of hydrogen-bond acceptors (Lipinski definition) is 6. The largest absolute Gasteiger partial charge is 0.329 e. The lowest BCUT2D eigenvalue weighted by atomic mass is 10.0. The molecular weight excluding hydrogens is 621 g/mol. The lowest BCUT2D eigenvalue weighted by Crippen LogP contribution is -2.51. The normalized spacial score (nSPS) is 13.6. The Morgan fingerprint density at radius 1 is 0.826 bits per heavy atom. The number of hydrogen-bond donors (Lipinski definition) is 0. The van der Waals surface area contributed by atoms with E-state index in [0.717, 1.165) is 42.6 Å². The predicted octanol–water partition coefficient (Wildman–Crippen LogP) is 6.78. The Bertz CT molecular complexity index is 1670. The van der Waals surface area contributed by atoms with Crippen LogP contribution >= 0.6 is 23.2 Å². The molecule has 0 spiro atoms. The maximum atomic E-state index is 14.8. The van der Waals surface area contributed by atoms with Crippen molar-refractivity contribution in [2.24, 2.45) is 0 Å². The lowest BCUT2D eigenvalue weighted by molar-refractivity contribution is 0.228. The van der Waals surface area contributed by atoms with Crippen LogP contribution in [0.15, 0.2) is 77.9 Å². The zero-order valence-electron chi connectivity index (χ0n) is 26.7. The quantitative estimate of drug-likeness (QED) is 0.176. The molecule has 11 heteroatoms. The monoisotopic (exact) mass is 661 g/mol. The molecule has 0 atom stereocenters. The van der Waals surface area contributed by atoms with E-state index in [-0.39, 0.29) is 27.3 Å². The average Bonchev–Trinajstić information content (AvgIpc) is 3.07. The van der Waals surface area contributed by atoms with Gasteiger partial charge in [-0.1, -0.05) is 78.2 Å². The van der Waals surface area contributed by atoms with Crippen molar-refractivity contribution in [3.05, 3.63) is 93.5 Å². The van der Waals surface area contributed by atoms with Gasteiger partial charge in [-0.15, -0.1) is 0 Å². The molecule has 2 aromatic carbocycles. The SMILES string of the molecule is CCn1nc(-c2cccc(-c3ccccc3)c2)cc(N(CCN2CCCCC2)C(=O)N(CCN(C)C)c2c(Cl)cncc2Cl)c1=O. The minimum Gasteiger partial charge on any atom is -0.308 e. The van der Waals surface area contributed by atoms with Crippen LogP contribution in [0.5, 0.6) is 0 Å². The van der Waals surface area contributed by atoms with E-state index in [4.69, 9.17) is 28.3 Å². The Labute approximate surface area is 281 Å². The van der Waals surface area contributed by atoms with E-state index in [1.165, 1.54) is 23.5 Å². The Morgan fingerprint density at radius 3 is 2.17 bits per heavy atom. The third-order valence-corrected chi connectivity index (χ3v) is 8.78. The molecule has 0 N–H and O–H groups in total. The number of likely N-dealkylation sites (N-methyl/N-ethyl adjacent to an activating group) is 1. The number of urea groups is 1. The first-order chi connectivity index (χ1) is 22.3. The molecule has 2 amide bonds. The van der Waals surface area contributed by atoms with Gasteiger partial charge in [0, 0.05) is 50.7 Å². The lowest BCUT2D eigenvalue weighted by Gasteiger charge is -2.34. The second kappa shape index (κ2) is 15.7. The van der Waals surface area contributed by atoms with E-state index in [2.05, 4.69) is 34.1 Å². The van der Waals surface area contributed by atoms with Gasteiger partial charge in [-0.3, -0.25) is 19.6 Å². The number of carbonyl (C=O) groups is 1. The molecule has 2 aromatic heterocycles. The Kier molecular flexibility index (Phi) is 11.5. The van der Waals surface area contributed by atoms with Gasteiger partial charge in [0.25, 0.3) is 5.56 Å². The van der Waals surface area contributed by atoms with Crippen LogP contribution in [-0.4, -0.2) is 84.0 Å². The minimum atomic E-state index is -0.385. The number of carbonyl (C=O) groups excluding carboxylic acids is 1. The smallest absolute Gasteiger partial charge is 0.308 e. The van der Waals surface area contributed by atoms with Crippen molar-refractivity contribution in [1.82, 2.24) is 24.6 Å². The molecule has 1 aliphatic heterocycles. The molecule has 242 valence electrons. The first kappa shape index (κ1) is 33.6. The van der Waals surface area contributed by atoms with Gasteiger partial charge in [0.05, 0.1) is 21.4 Å². The molecule has 1 aliphatic rings. The number of pyridine rings is 1. The van der Waals surface area contributed by atoms with E-state index in [1.807, 2.05) is 56.3 Å². The second-order valence-corrected chi connectivity index (χ2v) is 12.5. The first-order valence-electron chi connectivity index (χ1n) is 15.8. The molecule has 1 fully saturated rings. The second-order valence-electron chi connectivity index (χ2n) is 11.7. The Balaban J connectivity index is 1.62. The molecule has 0 saturated carbocycles. The van der Waals surface area contributed by atoms with Gasteiger partial charge in [0.2, 0.25) is 0 Å². The molecule has 0 unspecified atom stereocenters. The highest BCUT2D eigenvalue weighted by Crippen LogP contribution is 2.34. The van der Waals surface area contributed by atoms with Crippen LogP contribution in [0.3, 0.4) is 0 Å². The third-order valence-electron chi connectivity index (χ3n) is 8.23. The minimum absolute atomic E-state index is 0.259. The van der Waals surface area contributed by atoms with Gasteiger partial charge in [0.15, 0.2) is 0 Å². The fourth-order valence-electron chi connectivity index (χ4n) is 5.72. The summed E-state index contributed by atoms with van der Waals surface area (Å²) in [6.07, 6.45) is 6.39. The summed E-state index contributed by atoms with van der Waals surface area (Å²) >= 11 is 13.3. The standard InChI is InChI=1S/C35H41Cl2N7O2/c1-4-44-34(45)32(23-31(39-44)28-15-11-14-27(22-28)26-12-7-5-8-13-26)42(21-19-41-16-9-6-10-17-41)35(46)43(20-18-40(2)3)33-29(36)24-38-25-30(33)37/h5,7-8,11-15,22-25H,4,6,9-10,16-21H2,1-3H3. The number of likely N-dealkylation sites (tertiary alicyclic amines) is 1. The summed E-state index contributed by atoms with van der Waals surface area (Å²) in [6.45, 7) is 5.92.